The third kappa shape index (κ3) is 2.46. The molecular weight excluding hydrogens is 312 g/mol. The number of carbonyl (C=O) groups is 2. The average molecular weight is 330 g/mol. The monoisotopic (exact) mass is 330 g/mol. The van der Waals surface area contributed by atoms with Gasteiger partial charge in [-0.1, -0.05) is 0 Å². The first-order valence-electron chi connectivity index (χ1n) is 8.04. The maximum absolute atomic E-state index is 12.5. The number of piperidine rings is 1. The molecule has 9 heteroatoms. The largest absolute Gasteiger partial charge is 0.369 e. The van der Waals surface area contributed by atoms with Gasteiger partial charge < -0.3 is 10.2 Å². The lowest BCUT2D eigenvalue weighted by Crippen LogP contribution is -2.44. The van der Waals surface area contributed by atoms with E-state index in [1.807, 2.05) is 12.1 Å². The molecule has 4 rings (SSSR count). The Bertz CT molecular complexity index is 864. The van der Waals surface area contributed by atoms with Gasteiger partial charge in [0.25, 0.3) is 5.91 Å². The van der Waals surface area contributed by atoms with Crippen LogP contribution < -0.4 is 21.2 Å². The van der Waals surface area contributed by atoms with Gasteiger partial charge in [-0.3, -0.25) is 19.3 Å². The summed E-state index contributed by atoms with van der Waals surface area (Å²) >= 11 is 0. The van der Waals surface area contributed by atoms with E-state index in [-0.39, 0.29) is 18.0 Å². The summed E-state index contributed by atoms with van der Waals surface area (Å²) in [6.45, 7) is 3.63. The van der Waals surface area contributed by atoms with Crippen molar-refractivity contribution in [1.29, 1.82) is 0 Å². The maximum Gasteiger partial charge on any atom is 0.351 e. The van der Waals surface area contributed by atoms with Crippen molar-refractivity contribution < 1.29 is 9.59 Å². The fourth-order valence-electron chi connectivity index (χ4n) is 3.22. The number of aromatic nitrogens is 3. The molecule has 4 heterocycles. The molecule has 0 aromatic carbocycles. The van der Waals surface area contributed by atoms with Crippen molar-refractivity contribution in [3.05, 3.63) is 28.8 Å². The first-order valence-corrected chi connectivity index (χ1v) is 8.04. The molecule has 2 fully saturated rings. The molecule has 2 aromatic rings. The molecular formula is C15H18N6O3. The molecule has 1 unspecified atom stereocenters. The molecule has 2 saturated heterocycles. The van der Waals surface area contributed by atoms with Gasteiger partial charge in [-0.25, -0.2) is 4.79 Å². The van der Waals surface area contributed by atoms with Crippen LogP contribution in [0, 0.1) is 0 Å². The molecule has 0 bridgehead atoms. The molecule has 9 nitrogen and oxygen atoms in total. The highest BCUT2D eigenvalue weighted by Gasteiger charge is 2.30. The van der Waals surface area contributed by atoms with E-state index in [1.165, 1.54) is 9.08 Å². The predicted octanol–water partition coefficient (Wildman–Crippen LogP) is -1.12. The van der Waals surface area contributed by atoms with E-state index in [0.29, 0.717) is 12.1 Å². The number of amides is 2. The van der Waals surface area contributed by atoms with E-state index in [2.05, 4.69) is 20.6 Å². The zero-order valence-corrected chi connectivity index (χ0v) is 13.1. The van der Waals surface area contributed by atoms with Crippen molar-refractivity contribution in [2.45, 2.75) is 18.9 Å². The van der Waals surface area contributed by atoms with E-state index < -0.39 is 11.9 Å². The second-order valence-corrected chi connectivity index (χ2v) is 6.04. The minimum atomic E-state index is -0.738. The highest BCUT2D eigenvalue weighted by atomic mass is 16.2. The van der Waals surface area contributed by atoms with E-state index in [0.717, 1.165) is 31.9 Å². The Morgan fingerprint density at radius 2 is 1.96 bits per heavy atom. The van der Waals surface area contributed by atoms with Crippen LogP contribution in [0.15, 0.2) is 23.1 Å². The fourth-order valence-corrected chi connectivity index (χ4v) is 3.22. The van der Waals surface area contributed by atoms with Crippen LogP contribution in [0.2, 0.25) is 0 Å². The molecule has 126 valence electrons. The standard InChI is InChI=1S/C15H18N6O3/c22-13-2-1-11(14(23)17-13)21-15(24)20-6-3-10(9-12(20)18-21)19-7-4-16-5-8-19/h3,6,9,11,16H,1-2,4-5,7-8H2,(H,17,22,23). The van der Waals surface area contributed by atoms with Gasteiger partial charge in [-0.2, -0.15) is 4.68 Å². The number of piperazine rings is 1. The average Bonchev–Trinajstić information content (AvgIpc) is 2.92. The molecule has 2 aromatic heterocycles. The number of rotatable bonds is 2. The fraction of sp³-hybridized carbons (Fsp3) is 0.467. The second-order valence-electron chi connectivity index (χ2n) is 6.04. The van der Waals surface area contributed by atoms with Gasteiger partial charge in [-0.15, -0.1) is 5.10 Å². The number of pyridine rings is 1. The molecule has 0 aliphatic carbocycles. The minimum Gasteiger partial charge on any atom is -0.369 e. The zero-order chi connectivity index (χ0) is 16.7. The summed E-state index contributed by atoms with van der Waals surface area (Å²) in [7, 11) is 0. The van der Waals surface area contributed by atoms with Crippen molar-refractivity contribution in [1.82, 2.24) is 24.8 Å². The Morgan fingerprint density at radius 3 is 2.71 bits per heavy atom. The highest BCUT2D eigenvalue weighted by molar-refractivity contribution is 5.99. The molecule has 0 saturated carbocycles. The smallest absolute Gasteiger partial charge is 0.351 e. The van der Waals surface area contributed by atoms with Gasteiger partial charge in [-0.05, 0) is 12.5 Å². The normalized spacial score (nSPS) is 22.0. The van der Waals surface area contributed by atoms with Crippen molar-refractivity contribution in [2.24, 2.45) is 0 Å². The lowest BCUT2D eigenvalue weighted by molar-refractivity contribution is -0.136. The topological polar surface area (TPSA) is 101 Å². The zero-order valence-electron chi connectivity index (χ0n) is 13.1. The lowest BCUT2D eigenvalue weighted by Gasteiger charge is -2.29. The van der Waals surface area contributed by atoms with Gasteiger partial charge in [0.2, 0.25) is 5.91 Å². The minimum absolute atomic E-state index is 0.211. The van der Waals surface area contributed by atoms with Crippen molar-refractivity contribution in [3.8, 4) is 0 Å². The van der Waals surface area contributed by atoms with Gasteiger partial charge in [0.15, 0.2) is 5.65 Å². The number of carbonyl (C=O) groups excluding carboxylic acids is 2. The third-order valence-electron chi connectivity index (χ3n) is 4.52. The Balaban J connectivity index is 1.70. The van der Waals surface area contributed by atoms with Crippen LogP contribution in [0.5, 0.6) is 0 Å². The van der Waals surface area contributed by atoms with Gasteiger partial charge >= 0.3 is 5.69 Å². The summed E-state index contributed by atoms with van der Waals surface area (Å²) in [5.74, 6) is -0.784. The number of anilines is 1. The number of hydrogen-bond donors (Lipinski definition) is 2. The van der Waals surface area contributed by atoms with E-state index in [1.54, 1.807) is 6.20 Å². The summed E-state index contributed by atoms with van der Waals surface area (Å²) in [6, 6.07) is 3.00. The van der Waals surface area contributed by atoms with Crippen molar-refractivity contribution >= 4 is 23.1 Å². The molecule has 2 N–H and O–H groups in total. The Labute approximate surface area is 137 Å². The number of nitrogens with one attached hydrogen (secondary N) is 2. The molecule has 0 radical (unpaired) electrons. The van der Waals surface area contributed by atoms with E-state index in [4.69, 9.17) is 0 Å². The number of hydrogen-bond acceptors (Lipinski definition) is 6. The summed E-state index contributed by atoms with van der Waals surface area (Å²) in [5, 5.41) is 9.88. The lowest BCUT2D eigenvalue weighted by atomic mass is 10.1. The molecule has 0 spiro atoms. The second kappa shape index (κ2) is 5.75. The maximum atomic E-state index is 12.5. The van der Waals surface area contributed by atoms with Crippen LogP contribution in [-0.4, -0.2) is 52.2 Å². The Kier molecular flexibility index (Phi) is 3.57. The summed E-state index contributed by atoms with van der Waals surface area (Å²) in [4.78, 5) is 38.0. The van der Waals surface area contributed by atoms with Crippen LogP contribution >= 0.6 is 0 Å². The Morgan fingerprint density at radius 1 is 1.17 bits per heavy atom. The number of imide groups is 1. The molecule has 2 amide bonds. The third-order valence-corrected chi connectivity index (χ3v) is 4.52. The quantitative estimate of drug-likeness (QED) is 0.677. The Hall–Kier alpha value is -2.68. The predicted molar refractivity (Wildman–Crippen MR) is 86.0 cm³/mol. The van der Waals surface area contributed by atoms with E-state index in [9.17, 15) is 14.4 Å². The number of nitrogens with zero attached hydrogens (tertiary/aromatic N) is 4. The summed E-state index contributed by atoms with van der Waals surface area (Å²) in [5.41, 5.74) is 1.14. The van der Waals surface area contributed by atoms with Crippen LogP contribution in [-0.2, 0) is 9.59 Å². The SMILES string of the molecule is O=C1CCC(n2nc3cc(N4CCNCC4)ccn3c2=O)C(=O)N1. The van der Waals surface area contributed by atoms with Gasteiger partial charge in [0, 0.05) is 50.6 Å². The van der Waals surface area contributed by atoms with Crippen LogP contribution in [0.4, 0.5) is 5.69 Å². The van der Waals surface area contributed by atoms with Gasteiger partial charge in [0.05, 0.1) is 0 Å². The molecule has 2 aliphatic rings. The summed E-state index contributed by atoms with van der Waals surface area (Å²) < 4.78 is 2.61. The summed E-state index contributed by atoms with van der Waals surface area (Å²) in [6.07, 6.45) is 2.19. The van der Waals surface area contributed by atoms with Crippen LogP contribution in [0.1, 0.15) is 18.9 Å². The van der Waals surface area contributed by atoms with Crippen molar-refractivity contribution in [3.63, 3.8) is 0 Å². The van der Waals surface area contributed by atoms with Crippen molar-refractivity contribution in [2.75, 3.05) is 31.1 Å². The highest BCUT2D eigenvalue weighted by Crippen LogP contribution is 2.19. The van der Waals surface area contributed by atoms with Crippen LogP contribution in [0.3, 0.4) is 0 Å². The molecule has 1 atom stereocenters. The van der Waals surface area contributed by atoms with Crippen LogP contribution in [0.25, 0.3) is 5.65 Å². The molecule has 24 heavy (non-hydrogen) atoms. The number of fused-ring (bicyclic) bond motifs is 1. The first-order chi connectivity index (χ1) is 11.6. The van der Waals surface area contributed by atoms with Gasteiger partial charge in [0.1, 0.15) is 6.04 Å². The first kappa shape index (κ1) is 14.9. The van der Waals surface area contributed by atoms with E-state index >= 15 is 0 Å². The molecule has 2 aliphatic heterocycles.